The van der Waals surface area contributed by atoms with Crippen molar-refractivity contribution < 1.29 is 14.2 Å². The molecule has 112 valence electrons. The van der Waals surface area contributed by atoms with Crippen LogP contribution >= 0.6 is 0 Å². The zero-order valence-corrected chi connectivity index (χ0v) is 12.3. The molecule has 0 aliphatic rings. The van der Waals surface area contributed by atoms with E-state index >= 15 is 0 Å². The van der Waals surface area contributed by atoms with Gasteiger partial charge in [-0.3, -0.25) is 0 Å². The Labute approximate surface area is 123 Å². The summed E-state index contributed by atoms with van der Waals surface area (Å²) in [7, 11) is 4.73. The third-order valence-electron chi connectivity index (χ3n) is 2.91. The molecular formula is C14H18N4O3. The lowest BCUT2D eigenvalue weighted by Gasteiger charge is -2.12. The number of ether oxygens (including phenoxy) is 3. The Kier molecular flexibility index (Phi) is 5.28. The van der Waals surface area contributed by atoms with E-state index in [4.69, 9.17) is 14.2 Å². The molecule has 0 atom stereocenters. The van der Waals surface area contributed by atoms with Gasteiger partial charge in [0.2, 0.25) is 17.6 Å². The third-order valence-corrected chi connectivity index (χ3v) is 2.91. The van der Waals surface area contributed by atoms with E-state index in [-0.39, 0.29) is 0 Å². The molecule has 0 aromatic carbocycles. The van der Waals surface area contributed by atoms with Crippen molar-refractivity contribution in [3.8, 4) is 17.6 Å². The van der Waals surface area contributed by atoms with Gasteiger partial charge in [0.1, 0.15) is 6.33 Å². The number of pyridine rings is 1. The van der Waals surface area contributed by atoms with Gasteiger partial charge in [-0.15, -0.1) is 0 Å². The van der Waals surface area contributed by atoms with Gasteiger partial charge in [-0.25, -0.2) is 15.0 Å². The van der Waals surface area contributed by atoms with E-state index in [1.54, 1.807) is 27.5 Å². The summed E-state index contributed by atoms with van der Waals surface area (Å²) in [5, 5.41) is 3.28. The van der Waals surface area contributed by atoms with E-state index in [2.05, 4.69) is 20.3 Å². The number of rotatable bonds is 7. The van der Waals surface area contributed by atoms with Crippen LogP contribution in [0.4, 0.5) is 0 Å². The number of nitrogens with zero attached hydrogens (tertiary/aromatic N) is 3. The Hall–Kier alpha value is -2.41. The second-order valence-corrected chi connectivity index (χ2v) is 4.15. The summed E-state index contributed by atoms with van der Waals surface area (Å²) in [5.74, 6) is 1.59. The molecule has 0 saturated heterocycles. The molecule has 0 unspecified atom stereocenters. The minimum absolute atomic E-state index is 0.493. The lowest BCUT2D eigenvalue weighted by atomic mass is 10.2. The van der Waals surface area contributed by atoms with Crippen molar-refractivity contribution in [1.82, 2.24) is 20.3 Å². The van der Waals surface area contributed by atoms with E-state index in [0.29, 0.717) is 30.7 Å². The molecule has 2 aromatic heterocycles. The molecule has 0 spiro atoms. The van der Waals surface area contributed by atoms with Crippen LogP contribution < -0.4 is 19.5 Å². The summed E-state index contributed by atoms with van der Waals surface area (Å²) in [6, 6.07) is 3.82. The van der Waals surface area contributed by atoms with Gasteiger partial charge in [0.05, 0.1) is 26.9 Å². The molecule has 2 rings (SSSR count). The van der Waals surface area contributed by atoms with Crippen LogP contribution in [0.2, 0.25) is 0 Å². The molecule has 7 nitrogen and oxygen atoms in total. The van der Waals surface area contributed by atoms with Crippen molar-refractivity contribution in [2.75, 3.05) is 21.3 Å². The average molecular weight is 290 g/mol. The van der Waals surface area contributed by atoms with Crippen molar-refractivity contribution in [2.45, 2.75) is 13.1 Å². The molecule has 0 saturated carbocycles. The Morgan fingerprint density at radius 3 is 2.19 bits per heavy atom. The highest BCUT2D eigenvalue weighted by Gasteiger charge is 2.12. The van der Waals surface area contributed by atoms with Crippen LogP contribution in [0.1, 0.15) is 11.1 Å². The number of nitrogens with one attached hydrogen (secondary N) is 1. The summed E-state index contributed by atoms with van der Waals surface area (Å²) >= 11 is 0. The van der Waals surface area contributed by atoms with E-state index in [1.807, 2.05) is 12.1 Å². The lowest BCUT2D eigenvalue weighted by Crippen LogP contribution is -2.16. The van der Waals surface area contributed by atoms with Gasteiger partial charge in [-0.2, -0.15) is 0 Å². The normalized spacial score (nSPS) is 10.2. The fraction of sp³-hybridized carbons (Fsp3) is 0.357. The number of hydrogen-bond donors (Lipinski definition) is 1. The molecule has 1 N–H and O–H groups in total. The molecule has 0 aliphatic heterocycles. The standard InChI is InChI=1S/C14H18N4O3/c1-19-12-10(5-4-6-16-12)7-15-8-11-13(20-2)17-9-18-14(11)21-3/h4-6,9,15H,7-8H2,1-3H3. The average Bonchev–Trinajstić information content (AvgIpc) is 2.55. The van der Waals surface area contributed by atoms with Crippen LogP contribution in [0.15, 0.2) is 24.7 Å². The van der Waals surface area contributed by atoms with Crippen molar-refractivity contribution in [3.63, 3.8) is 0 Å². The van der Waals surface area contributed by atoms with E-state index < -0.39 is 0 Å². The van der Waals surface area contributed by atoms with Crippen LogP contribution in [0.25, 0.3) is 0 Å². The molecule has 2 aromatic rings. The summed E-state index contributed by atoms with van der Waals surface area (Å²) in [6.07, 6.45) is 3.10. The van der Waals surface area contributed by atoms with Crippen molar-refractivity contribution in [1.29, 1.82) is 0 Å². The summed E-state index contributed by atoms with van der Waals surface area (Å²) in [6.45, 7) is 1.10. The monoisotopic (exact) mass is 290 g/mol. The number of hydrogen-bond acceptors (Lipinski definition) is 7. The van der Waals surface area contributed by atoms with E-state index in [0.717, 1.165) is 11.1 Å². The number of methoxy groups -OCH3 is 3. The highest BCUT2D eigenvalue weighted by Crippen LogP contribution is 2.23. The van der Waals surface area contributed by atoms with Gasteiger partial charge in [0.15, 0.2) is 0 Å². The SMILES string of the molecule is COc1ncccc1CNCc1c(OC)ncnc1OC. The van der Waals surface area contributed by atoms with E-state index in [9.17, 15) is 0 Å². The van der Waals surface area contributed by atoms with Crippen LogP contribution in [0.5, 0.6) is 17.6 Å². The molecule has 0 radical (unpaired) electrons. The van der Waals surface area contributed by atoms with Gasteiger partial charge in [-0.1, -0.05) is 6.07 Å². The highest BCUT2D eigenvalue weighted by molar-refractivity contribution is 5.34. The molecule has 21 heavy (non-hydrogen) atoms. The third kappa shape index (κ3) is 3.57. The van der Waals surface area contributed by atoms with Crippen molar-refractivity contribution in [3.05, 3.63) is 35.8 Å². The maximum Gasteiger partial charge on any atom is 0.224 e. The fourth-order valence-electron chi connectivity index (χ4n) is 1.95. The Morgan fingerprint density at radius 2 is 1.57 bits per heavy atom. The summed E-state index contributed by atoms with van der Waals surface area (Å²) in [4.78, 5) is 12.3. The quantitative estimate of drug-likeness (QED) is 0.820. The van der Waals surface area contributed by atoms with Crippen molar-refractivity contribution >= 4 is 0 Å². The van der Waals surface area contributed by atoms with Crippen LogP contribution in [-0.4, -0.2) is 36.3 Å². The lowest BCUT2D eigenvalue weighted by molar-refractivity contribution is 0.358. The first-order chi connectivity index (χ1) is 10.3. The second kappa shape index (κ2) is 7.39. The van der Waals surface area contributed by atoms with Gasteiger partial charge in [-0.05, 0) is 6.07 Å². The first-order valence-corrected chi connectivity index (χ1v) is 6.40. The van der Waals surface area contributed by atoms with Crippen molar-refractivity contribution in [2.24, 2.45) is 0 Å². The highest BCUT2D eigenvalue weighted by atomic mass is 16.5. The Morgan fingerprint density at radius 1 is 0.905 bits per heavy atom. The second-order valence-electron chi connectivity index (χ2n) is 4.15. The van der Waals surface area contributed by atoms with Gasteiger partial charge in [0.25, 0.3) is 0 Å². The zero-order chi connectivity index (χ0) is 15.1. The summed E-state index contributed by atoms with van der Waals surface area (Å²) in [5.41, 5.74) is 1.74. The van der Waals surface area contributed by atoms with Gasteiger partial charge in [0, 0.05) is 24.8 Å². The first-order valence-electron chi connectivity index (χ1n) is 6.40. The van der Waals surface area contributed by atoms with Crippen LogP contribution in [0.3, 0.4) is 0 Å². The molecule has 0 bridgehead atoms. The minimum Gasteiger partial charge on any atom is -0.481 e. The molecule has 0 fully saturated rings. The summed E-state index contributed by atoms with van der Waals surface area (Å²) < 4.78 is 15.7. The molecule has 7 heteroatoms. The smallest absolute Gasteiger partial charge is 0.224 e. The predicted octanol–water partition coefficient (Wildman–Crippen LogP) is 1.19. The zero-order valence-electron chi connectivity index (χ0n) is 12.3. The molecule has 0 amide bonds. The van der Waals surface area contributed by atoms with Gasteiger partial charge >= 0.3 is 0 Å². The Balaban J connectivity index is 2.07. The topological polar surface area (TPSA) is 78.4 Å². The molecular weight excluding hydrogens is 272 g/mol. The minimum atomic E-state index is 0.493. The maximum absolute atomic E-state index is 5.23. The molecule has 0 aliphatic carbocycles. The fourth-order valence-corrected chi connectivity index (χ4v) is 1.95. The van der Waals surface area contributed by atoms with Crippen LogP contribution in [-0.2, 0) is 13.1 Å². The molecule has 2 heterocycles. The largest absolute Gasteiger partial charge is 0.481 e. The van der Waals surface area contributed by atoms with E-state index in [1.165, 1.54) is 6.33 Å². The number of aromatic nitrogens is 3. The van der Waals surface area contributed by atoms with Crippen LogP contribution in [0, 0.1) is 0 Å². The van der Waals surface area contributed by atoms with Gasteiger partial charge < -0.3 is 19.5 Å². The predicted molar refractivity (Wildman–Crippen MR) is 76.5 cm³/mol. The maximum atomic E-state index is 5.23. The first kappa shape index (κ1) is 15.0. The Bertz CT molecular complexity index is 570.